The van der Waals surface area contributed by atoms with Crippen LogP contribution in [0.1, 0.15) is 31.0 Å². The second kappa shape index (κ2) is 8.19. The van der Waals surface area contributed by atoms with Gasteiger partial charge in [0, 0.05) is 12.5 Å². The van der Waals surface area contributed by atoms with Gasteiger partial charge in [0.25, 0.3) is 0 Å². The van der Waals surface area contributed by atoms with Gasteiger partial charge in [-0.2, -0.15) is 0 Å². The third kappa shape index (κ3) is 4.46. The van der Waals surface area contributed by atoms with Gasteiger partial charge in [0.05, 0.1) is 6.04 Å². The van der Waals surface area contributed by atoms with Gasteiger partial charge in [-0.25, -0.2) is 4.98 Å². The maximum atomic E-state index is 11.3. The van der Waals surface area contributed by atoms with Gasteiger partial charge in [-0.3, -0.25) is 4.79 Å². The first-order valence-electron chi connectivity index (χ1n) is 9.53. The molecular formula is C24H22N2O3. The number of oxazole rings is 1. The van der Waals surface area contributed by atoms with Crippen LogP contribution in [-0.4, -0.2) is 10.9 Å². The molecule has 0 unspecified atom stereocenters. The Morgan fingerprint density at radius 2 is 1.83 bits per heavy atom. The highest BCUT2D eigenvalue weighted by atomic mass is 16.5. The largest absolute Gasteiger partial charge is 0.489 e. The topological polar surface area (TPSA) is 64.4 Å². The van der Waals surface area contributed by atoms with E-state index < -0.39 is 0 Å². The van der Waals surface area contributed by atoms with Gasteiger partial charge in [0.1, 0.15) is 17.9 Å². The van der Waals surface area contributed by atoms with Crippen LogP contribution in [0.5, 0.6) is 5.75 Å². The van der Waals surface area contributed by atoms with Crippen molar-refractivity contribution in [3.8, 4) is 17.2 Å². The van der Waals surface area contributed by atoms with E-state index in [9.17, 15) is 4.79 Å². The summed E-state index contributed by atoms with van der Waals surface area (Å²) < 4.78 is 11.8. The second-order valence-corrected chi connectivity index (χ2v) is 6.97. The fraction of sp³-hybridized carbons (Fsp3) is 0.167. The maximum Gasteiger partial charge on any atom is 0.227 e. The van der Waals surface area contributed by atoms with Crippen LogP contribution in [0.25, 0.3) is 22.6 Å². The predicted molar refractivity (Wildman–Crippen MR) is 112 cm³/mol. The van der Waals surface area contributed by atoms with E-state index in [1.165, 1.54) is 6.92 Å². The van der Waals surface area contributed by atoms with Gasteiger partial charge in [-0.1, -0.05) is 36.4 Å². The quantitative estimate of drug-likeness (QED) is 0.490. The summed E-state index contributed by atoms with van der Waals surface area (Å²) in [7, 11) is 0. The van der Waals surface area contributed by atoms with Crippen molar-refractivity contribution in [3.05, 3.63) is 83.9 Å². The van der Waals surface area contributed by atoms with Gasteiger partial charge >= 0.3 is 0 Å². The summed E-state index contributed by atoms with van der Waals surface area (Å²) >= 11 is 0. The average Bonchev–Trinajstić information content (AvgIpc) is 3.16. The molecule has 0 spiro atoms. The van der Waals surface area contributed by atoms with Crippen LogP contribution in [-0.2, 0) is 11.4 Å². The van der Waals surface area contributed by atoms with Crippen LogP contribution in [0.2, 0.25) is 0 Å². The first kappa shape index (κ1) is 18.7. The maximum absolute atomic E-state index is 11.3. The number of carbonyl (C=O) groups excluding carboxylic acids is 1. The average molecular weight is 386 g/mol. The van der Waals surface area contributed by atoms with Crippen LogP contribution in [0.3, 0.4) is 0 Å². The summed E-state index contributed by atoms with van der Waals surface area (Å²) in [5, 5.41) is 2.88. The van der Waals surface area contributed by atoms with E-state index in [2.05, 4.69) is 10.3 Å². The van der Waals surface area contributed by atoms with Crippen molar-refractivity contribution in [1.82, 2.24) is 10.3 Å². The normalized spacial score (nSPS) is 11.9. The van der Waals surface area contributed by atoms with Crippen LogP contribution < -0.4 is 10.1 Å². The number of amides is 1. The third-order valence-electron chi connectivity index (χ3n) is 4.68. The molecular weight excluding hydrogens is 364 g/mol. The summed E-state index contributed by atoms with van der Waals surface area (Å²) in [6.45, 7) is 3.97. The Balaban J connectivity index is 1.49. The molecule has 1 N–H and O–H groups in total. The van der Waals surface area contributed by atoms with E-state index in [1.807, 2.05) is 79.7 Å². The molecule has 0 fully saturated rings. The number of nitrogens with one attached hydrogen (secondary N) is 1. The lowest BCUT2D eigenvalue weighted by Gasteiger charge is -2.12. The second-order valence-electron chi connectivity index (χ2n) is 6.97. The Morgan fingerprint density at radius 1 is 1.07 bits per heavy atom. The molecule has 1 aromatic heterocycles. The van der Waals surface area contributed by atoms with Crippen molar-refractivity contribution >= 4 is 17.0 Å². The lowest BCUT2D eigenvalue weighted by Crippen LogP contribution is -2.23. The zero-order valence-corrected chi connectivity index (χ0v) is 16.4. The number of aromatic nitrogens is 1. The Morgan fingerprint density at radius 3 is 2.55 bits per heavy atom. The van der Waals surface area contributed by atoms with Gasteiger partial charge in [0.2, 0.25) is 11.8 Å². The van der Waals surface area contributed by atoms with Crippen molar-refractivity contribution < 1.29 is 13.9 Å². The molecule has 4 rings (SSSR count). The molecule has 1 atom stereocenters. The van der Waals surface area contributed by atoms with E-state index >= 15 is 0 Å². The fourth-order valence-corrected chi connectivity index (χ4v) is 3.16. The van der Waals surface area contributed by atoms with Gasteiger partial charge in [-0.05, 0) is 54.4 Å². The van der Waals surface area contributed by atoms with E-state index in [0.717, 1.165) is 28.0 Å². The predicted octanol–water partition coefficient (Wildman–Crippen LogP) is 5.27. The van der Waals surface area contributed by atoms with Crippen LogP contribution in [0.15, 0.2) is 77.2 Å². The highest BCUT2D eigenvalue weighted by molar-refractivity contribution is 5.78. The first-order valence-corrected chi connectivity index (χ1v) is 9.53. The van der Waals surface area contributed by atoms with Gasteiger partial charge in [0.15, 0.2) is 5.58 Å². The summed E-state index contributed by atoms with van der Waals surface area (Å²) in [6.07, 6.45) is 0. The molecule has 0 aliphatic rings. The molecule has 0 aliphatic carbocycles. The molecule has 4 aromatic rings. The van der Waals surface area contributed by atoms with Crippen molar-refractivity contribution in [1.29, 1.82) is 0 Å². The Labute approximate surface area is 169 Å². The number of carbonyl (C=O) groups is 1. The summed E-state index contributed by atoms with van der Waals surface area (Å²) in [4.78, 5) is 15.9. The first-order chi connectivity index (χ1) is 14.1. The number of rotatable bonds is 6. The number of ether oxygens (including phenoxy) is 1. The zero-order chi connectivity index (χ0) is 20.2. The SMILES string of the molecule is CC(=O)N[C@@H](C)c1ccc2nc(-c3ccc(OCc4ccccc4)cc3)oc2c1. The van der Waals surface area contributed by atoms with Crippen molar-refractivity contribution in [2.45, 2.75) is 26.5 Å². The third-order valence-corrected chi connectivity index (χ3v) is 4.68. The zero-order valence-electron chi connectivity index (χ0n) is 16.4. The summed E-state index contributed by atoms with van der Waals surface area (Å²) in [5.74, 6) is 1.28. The molecule has 0 radical (unpaired) electrons. The monoisotopic (exact) mass is 386 g/mol. The molecule has 1 heterocycles. The summed E-state index contributed by atoms with van der Waals surface area (Å²) in [6, 6.07) is 23.4. The Bertz CT molecular complexity index is 1120. The molecule has 29 heavy (non-hydrogen) atoms. The molecule has 3 aromatic carbocycles. The van der Waals surface area contributed by atoms with E-state index in [1.54, 1.807) is 0 Å². The molecule has 0 saturated carbocycles. The van der Waals surface area contributed by atoms with Crippen molar-refractivity contribution in [2.75, 3.05) is 0 Å². The summed E-state index contributed by atoms with van der Waals surface area (Å²) in [5.41, 5.74) is 4.45. The minimum atomic E-state index is -0.0912. The van der Waals surface area contributed by atoms with Crippen molar-refractivity contribution in [2.24, 2.45) is 0 Å². The smallest absolute Gasteiger partial charge is 0.227 e. The standard InChI is InChI=1S/C24H22N2O3/c1-16(25-17(2)27)20-10-13-22-23(14-20)29-24(26-22)19-8-11-21(12-9-19)28-15-18-6-4-3-5-7-18/h3-14,16H,15H2,1-2H3,(H,25,27)/t16-/m0/s1. The fourth-order valence-electron chi connectivity index (χ4n) is 3.16. The van der Waals surface area contributed by atoms with Crippen LogP contribution >= 0.6 is 0 Å². The molecule has 146 valence electrons. The van der Waals surface area contributed by atoms with Crippen LogP contribution in [0, 0.1) is 0 Å². The number of fused-ring (bicyclic) bond motifs is 1. The number of nitrogens with zero attached hydrogens (tertiary/aromatic N) is 1. The minimum absolute atomic E-state index is 0.0644. The van der Waals surface area contributed by atoms with E-state index in [-0.39, 0.29) is 11.9 Å². The number of hydrogen-bond acceptors (Lipinski definition) is 4. The van der Waals surface area contributed by atoms with Crippen molar-refractivity contribution in [3.63, 3.8) is 0 Å². The molecule has 0 aliphatic heterocycles. The Kier molecular flexibility index (Phi) is 5.29. The number of benzene rings is 3. The molecule has 5 nitrogen and oxygen atoms in total. The molecule has 5 heteroatoms. The minimum Gasteiger partial charge on any atom is -0.489 e. The molecule has 0 bridgehead atoms. The van der Waals surface area contributed by atoms with Gasteiger partial charge in [-0.15, -0.1) is 0 Å². The highest BCUT2D eigenvalue weighted by Gasteiger charge is 2.12. The highest BCUT2D eigenvalue weighted by Crippen LogP contribution is 2.28. The lowest BCUT2D eigenvalue weighted by atomic mass is 10.1. The van der Waals surface area contributed by atoms with Crippen LogP contribution in [0.4, 0.5) is 0 Å². The van der Waals surface area contributed by atoms with E-state index in [0.29, 0.717) is 18.1 Å². The Hall–Kier alpha value is -3.60. The number of hydrogen-bond donors (Lipinski definition) is 1. The van der Waals surface area contributed by atoms with E-state index in [4.69, 9.17) is 9.15 Å². The lowest BCUT2D eigenvalue weighted by molar-refractivity contribution is -0.119. The molecule has 1 amide bonds. The van der Waals surface area contributed by atoms with Gasteiger partial charge < -0.3 is 14.5 Å². The molecule has 0 saturated heterocycles.